The molecule has 0 aliphatic carbocycles. The number of nitrogens with one attached hydrogen (secondary N) is 3. The van der Waals surface area contributed by atoms with Crippen LogP contribution in [0.5, 0.6) is 0 Å². The van der Waals surface area contributed by atoms with Gasteiger partial charge in [0.25, 0.3) is 0 Å². The third-order valence-corrected chi connectivity index (χ3v) is 3.54. The first-order chi connectivity index (χ1) is 11.5. The lowest BCUT2D eigenvalue weighted by Crippen LogP contribution is -2.28. The number of carbonyl (C=O) groups is 2. The van der Waals surface area contributed by atoms with Crippen molar-refractivity contribution in [1.82, 2.24) is 5.32 Å². The van der Waals surface area contributed by atoms with E-state index < -0.39 is 0 Å². The number of rotatable bonds is 7. The molecule has 24 heavy (non-hydrogen) atoms. The number of anilines is 2. The van der Waals surface area contributed by atoms with Crippen molar-refractivity contribution in [1.29, 1.82) is 0 Å². The highest BCUT2D eigenvalue weighted by Crippen LogP contribution is 2.15. The van der Waals surface area contributed by atoms with E-state index in [9.17, 15) is 9.59 Å². The van der Waals surface area contributed by atoms with Crippen molar-refractivity contribution in [2.75, 3.05) is 17.2 Å². The molecule has 0 spiro atoms. The monoisotopic (exact) mass is 325 g/mol. The van der Waals surface area contributed by atoms with Crippen molar-refractivity contribution in [3.05, 3.63) is 60.2 Å². The summed E-state index contributed by atoms with van der Waals surface area (Å²) in [6, 6.07) is 17.3. The lowest BCUT2D eigenvalue weighted by Gasteiger charge is -2.14. The Morgan fingerprint density at radius 3 is 2.42 bits per heavy atom. The quantitative estimate of drug-likeness (QED) is 0.731. The zero-order valence-electron chi connectivity index (χ0n) is 14.0. The largest absolute Gasteiger partial charge is 0.384 e. The van der Waals surface area contributed by atoms with E-state index in [-0.39, 0.29) is 17.9 Å². The summed E-state index contributed by atoms with van der Waals surface area (Å²) in [6.07, 6.45) is 0.377. The van der Waals surface area contributed by atoms with Crippen LogP contribution in [0.25, 0.3) is 0 Å². The molecule has 0 saturated carbocycles. The summed E-state index contributed by atoms with van der Waals surface area (Å²) in [6.45, 7) is 3.97. The van der Waals surface area contributed by atoms with Crippen LogP contribution in [0.15, 0.2) is 54.6 Å². The molecule has 2 aromatic carbocycles. The Labute approximate surface area is 142 Å². The SMILES string of the molecule is CC(=O)Nc1cccc(NCCC(=O)NC(C)c2ccccc2)c1. The average molecular weight is 325 g/mol. The van der Waals surface area contributed by atoms with Crippen LogP contribution >= 0.6 is 0 Å². The van der Waals surface area contributed by atoms with Gasteiger partial charge < -0.3 is 16.0 Å². The molecule has 0 radical (unpaired) electrons. The standard InChI is InChI=1S/C19H23N3O2/c1-14(16-7-4-3-5-8-16)21-19(24)11-12-20-17-9-6-10-18(13-17)22-15(2)23/h3-10,13-14,20H,11-12H2,1-2H3,(H,21,24)(H,22,23). The van der Waals surface area contributed by atoms with Gasteiger partial charge in [-0.25, -0.2) is 0 Å². The third kappa shape index (κ3) is 5.76. The maximum absolute atomic E-state index is 12.0. The van der Waals surface area contributed by atoms with Gasteiger partial charge in [-0.3, -0.25) is 9.59 Å². The number of benzene rings is 2. The first-order valence-electron chi connectivity index (χ1n) is 8.00. The highest BCUT2D eigenvalue weighted by Gasteiger charge is 2.08. The van der Waals surface area contributed by atoms with E-state index in [4.69, 9.17) is 0 Å². The van der Waals surface area contributed by atoms with E-state index in [1.54, 1.807) is 0 Å². The van der Waals surface area contributed by atoms with E-state index in [0.717, 1.165) is 16.9 Å². The molecule has 2 aromatic rings. The van der Waals surface area contributed by atoms with Crippen molar-refractivity contribution >= 4 is 23.2 Å². The van der Waals surface area contributed by atoms with Crippen LogP contribution < -0.4 is 16.0 Å². The van der Waals surface area contributed by atoms with E-state index in [1.165, 1.54) is 6.92 Å². The van der Waals surface area contributed by atoms with Gasteiger partial charge in [-0.05, 0) is 30.7 Å². The van der Waals surface area contributed by atoms with Crippen LogP contribution in [0.2, 0.25) is 0 Å². The van der Waals surface area contributed by atoms with Gasteiger partial charge in [-0.15, -0.1) is 0 Å². The molecule has 1 atom stereocenters. The summed E-state index contributed by atoms with van der Waals surface area (Å²) < 4.78 is 0. The fourth-order valence-electron chi connectivity index (χ4n) is 2.37. The average Bonchev–Trinajstić information content (AvgIpc) is 2.55. The van der Waals surface area contributed by atoms with Crippen molar-refractivity contribution in [3.63, 3.8) is 0 Å². The molecule has 0 aliphatic heterocycles. The van der Waals surface area contributed by atoms with Gasteiger partial charge in [-0.2, -0.15) is 0 Å². The van der Waals surface area contributed by atoms with Gasteiger partial charge >= 0.3 is 0 Å². The Bertz CT molecular complexity index is 686. The second-order valence-electron chi connectivity index (χ2n) is 5.64. The number of amides is 2. The Morgan fingerprint density at radius 2 is 1.71 bits per heavy atom. The van der Waals surface area contributed by atoms with Gasteiger partial charge in [0, 0.05) is 31.3 Å². The van der Waals surface area contributed by atoms with E-state index in [1.807, 2.05) is 61.5 Å². The Balaban J connectivity index is 1.77. The molecule has 3 N–H and O–H groups in total. The van der Waals surface area contributed by atoms with Crippen molar-refractivity contribution in [3.8, 4) is 0 Å². The third-order valence-electron chi connectivity index (χ3n) is 3.54. The molecule has 0 saturated heterocycles. The van der Waals surface area contributed by atoms with E-state index in [2.05, 4.69) is 16.0 Å². The fraction of sp³-hybridized carbons (Fsp3) is 0.263. The normalized spacial score (nSPS) is 11.4. The van der Waals surface area contributed by atoms with Crippen LogP contribution in [-0.2, 0) is 9.59 Å². The lowest BCUT2D eigenvalue weighted by atomic mass is 10.1. The number of hydrogen-bond donors (Lipinski definition) is 3. The van der Waals surface area contributed by atoms with Gasteiger partial charge in [0.1, 0.15) is 0 Å². The van der Waals surface area contributed by atoms with Gasteiger partial charge in [0.05, 0.1) is 6.04 Å². The predicted octanol–water partition coefficient (Wildman–Crippen LogP) is 3.32. The molecular weight excluding hydrogens is 302 g/mol. The van der Waals surface area contributed by atoms with Crippen LogP contribution in [0.4, 0.5) is 11.4 Å². The molecule has 5 nitrogen and oxygen atoms in total. The smallest absolute Gasteiger partial charge is 0.222 e. The van der Waals surface area contributed by atoms with Crippen molar-refractivity contribution in [2.24, 2.45) is 0 Å². The van der Waals surface area contributed by atoms with Crippen molar-refractivity contribution < 1.29 is 9.59 Å². The highest BCUT2D eigenvalue weighted by atomic mass is 16.2. The molecule has 2 rings (SSSR count). The maximum atomic E-state index is 12.0. The van der Waals surface area contributed by atoms with Crippen molar-refractivity contribution in [2.45, 2.75) is 26.3 Å². The topological polar surface area (TPSA) is 70.2 Å². The number of hydrogen-bond acceptors (Lipinski definition) is 3. The second-order valence-corrected chi connectivity index (χ2v) is 5.64. The minimum atomic E-state index is -0.110. The van der Waals surface area contributed by atoms with E-state index in [0.29, 0.717) is 13.0 Å². The minimum Gasteiger partial charge on any atom is -0.384 e. The summed E-state index contributed by atoms with van der Waals surface area (Å²) in [5.41, 5.74) is 2.68. The summed E-state index contributed by atoms with van der Waals surface area (Å²) in [5.74, 6) is -0.113. The summed E-state index contributed by atoms with van der Waals surface area (Å²) >= 11 is 0. The zero-order chi connectivity index (χ0) is 17.4. The van der Waals surface area contributed by atoms with Gasteiger partial charge in [0.15, 0.2) is 0 Å². The summed E-state index contributed by atoms with van der Waals surface area (Å²) in [5, 5.41) is 8.90. The lowest BCUT2D eigenvalue weighted by molar-refractivity contribution is -0.121. The zero-order valence-corrected chi connectivity index (χ0v) is 14.0. The number of carbonyl (C=O) groups excluding carboxylic acids is 2. The molecule has 2 amide bonds. The molecule has 0 aliphatic rings. The minimum absolute atomic E-state index is 0.00290. The molecule has 0 heterocycles. The summed E-state index contributed by atoms with van der Waals surface area (Å²) in [4.78, 5) is 23.1. The van der Waals surface area contributed by atoms with Gasteiger partial charge in [-0.1, -0.05) is 36.4 Å². The Hall–Kier alpha value is -2.82. The molecule has 5 heteroatoms. The van der Waals surface area contributed by atoms with Crippen LogP contribution in [-0.4, -0.2) is 18.4 Å². The van der Waals surface area contributed by atoms with Crippen LogP contribution in [0.3, 0.4) is 0 Å². The first kappa shape index (κ1) is 17.5. The van der Waals surface area contributed by atoms with Crippen LogP contribution in [0, 0.1) is 0 Å². The van der Waals surface area contributed by atoms with Crippen LogP contribution in [0.1, 0.15) is 31.9 Å². The molecular formula is C19H23N3O2. The molecule has 0 aromatic heterocycles. The summed E-state index contributed by atoms with van der Waals surface area (Å²) in [7, 11) is 0. The molecule has 126 valence electrons. The molecule has 0 bridgehead atoms. The molecule has 1 unspecified atom stereocenters. The first-order valence-corrected chi connectivity index (χ1v) is 8.00. The van der Waals surface area contributed by atoms with E-state index >= 15 is 0 Å². The highest BCUT2D eigenvalue weighted by molar-refractivity contribution is 5.89. The molecule has 0 fully saturated rings. The second kappa shape index (κ2) is 8.72. The van der Waals surface area contributed by atoms with Gasteiger partial charge in [0.2, 0.25) is 11.8 Å². The Kier molecular flexibility index (Phi) is 6.37. The Morgan fingerprint density at radius 1 is 1.00 bits per heavy atom. The predicted molar refractivity (Wildman–Crippen MR) is 96.9 cm³/mol. The maximum Gasteiger partial charge on any atom is 0.222 e. The fourth-order valence-corrected chi connectivity index (χ4v) is 2.37.